The van der Waals surface area contributed by atoms with E-state index in [1.807, 2.05) is 12.1 Å². The van der Waals surface area contributed by atoms with Gasteiger partial charge >= 0.3 is 0 Å². The van der Waals surface area contributed by atoms with Crippen LogP contribution in [0.4, 0.5) is 0 Å². The Morgan fingerprint density at radius 3 is 2.45 bits per heavy atom. The van der Waals surface area contributed by atoms with Crippen LogP contribution in [0.3, 0.4) is 0 Å². The van der Waals surface area contributed by atoms with Crippen molar-refractivity contribution in [1.29, 1.82) is 0 Å². The summed E-state index contributed by atoms with van der Waals surface area (Å²) < 4.78 is 0. The van der Waals surface area contributed by atoms with Crippen molar-refractivity contribution in [3.63, 3.8) is 0 Å². The molecular formula is C18H25ClN2O. The lowest BCUT2D eigenvalue weighted by Gasteiger charge is -2.38. The molecule has 3 nitrogen and oxygen atoms in total. The van der Waals surface area contributed by atoms with Gasteiger partial charge in [0.05, 0.1) is 5.92 Å². The molecule has 2 N–H and O–H groups in total. The molecule has 22 heavy (non-hydrogen) atoms. The Hall–Kier alpha value is -1.06. The van der Waals surface area contributed by atoms with Crippen molar-refractivity contribution < 1.29 is 4.79 Å². The molecule has 1 saturated carbocycles. The highest BCUT2D eigenvalue weighted by molar-refractivity contribution is 6.30. The second-order valence-electron chi connectivity index (χ2n) is 6.82. The lowest BCUT2D eigenvalue weighted by Crippen LogP contribution is -2.46. The largest absolute Gasteiger partial charge is 0.369 e. The highest BCUT2D eigenvalue weighted by Crippen LogP contribution is 2.33. The number of piperidine rings is 1. The third kappa shape index (κ3) is 3.64. The van der Waals surface area contributed by atoms with E-state index in [9.17, 15) is 4.79 Å². The van der Waals surface area contributed by atoms with Gasteiger partial charge in [0.25, 0.3) is 0 Å². The fraction of sp³-hybridized carbons (Fsp3) is 0.611. The zero-order valence-electron chi connectivity index (χ0n) is 13.0. The molecule has 120 valence electrons. The van der Waals surface area contributed by atoms with Gasteiger partial charge in [-0.3, -0.25) is 9.69 Å². The van der Waals surface area contributed by atoms with Crippen LogP contribution in [0.2, 0.25) is 5.02 Å². The number of hydrogen-bond donors (Lipinski definition) is 1. The number of rotatable bonds is 4. The summed E-state index contributed by atoms with van der Waals surface area (Å²) in [6, 6.07) is 8.61. The lowest BCUT2D eigenvalue weighted by atomic mass is 9.88. The topological polar surface area (TPSA) is 46.3 Å². The first-order valence-electron chi connectivity index (χ1n) is 8.41. The molecule has 0 bridgehead atoms. The lowest BCUT2D eigenvalue weighted by molar-refractivity contribution is -0.123. The Labute approximate surface area is 137 Å². The van der Waals surface area contributed by atoms with E-state index in [-0.39, 0.29) is 11.8 Å². The van der Waals surface area contributed by atoms with Crippen LogP contribution in [0.25, 0.3) is 0 Å². The van der Waals surface area contributed by atoms with Gasteiger partial charge in [-0.15, -0.1) is 0 Å². The average molecular weight is 321 g/mol. The number of hydrogen-bond acceptors (Lipinski definition) is 2. The van der Waals surface area contributed by atoms with Gasteiger partial charge in [0.15, 0.2) is 0 Å². The van der Waals surface area contributed by atoms with Crippen LogP contribution >= 0.6 is 11.6 Å². The van der Waals surface area contributed by atoms with Gasteiger partial charge in [-0.1, -0.05) is 30.2 Å². The summed E-state index contributed by atoms with van der Waals surface area (Å²) in [4.78, 5) is 14.1. The predicted octanol–water partition coefficient (Wildman–Crippen LogP) is 3.25. The fourth-order valence-electron chi connectivity index (χ4n) is 4.15. The zero-order valence-corrected chi connectivity index (χ0v) is 13.8. The van der Waals surface area contributed by atoms with Crippen LogP contribution in [0.5, 0.6) is 0 Å². The van der Waals surface area contributed by atoms with Gasteiger partial charge in [0, 0.05) is 11.1 Å². The maximum absolute atomic E-state index is 11.6. The van der Waals surface area contributed by atoms with Crippen molar-refractivity contribution in [2.24, 2.45) is 17.6 Å². The molecule has 1 aliphatic carbocycles. The monoisotopic (exact) mass is 320 g/mol. The van der Waals surface area contributed by atoms with E-state index in [1.165, 1.54) is 18.4 Å². The highest BCUT2D eigenvalue weighted by atomic mass is 35.5. The normalized spacial score (nSPS) is 27.1. The molecule has 3 rings (SSSR count). The Bertz CT molecular complexity index is 508. The summed E-state index contributed by atoms with van der Waals surface area (Å²) in [5.74, 6) is 0.712. The SMILES string of the molecule is NC(=O)C1CCCC1N1CCC(Cc2ccc(Cl)cc2)CC1. The number of amides is 1. The summed E-state index contributed by atoms with van der Waals surface area (Å²) in [7, 11) is 0. The predicted molar refractivity (Wildman–Crippen MR) is 89.8 cm³/mol. The molecule has 4 heteroatoms. The van der Waals surface area contributed by atoms with Crippen LogP contribution in [0, 0.1) is 11.8 Å². The van der Waals surface area contributed by atoms with Crippen molar-refractivity contribution in [3.8, 4) is 0 Å². The van der Waals surface area contributed by atoms with E-state index in [0.29, 0.717) is 6.04 Å². The number of nitrogens with zero attached hydrogens (tertiary/aromatic N) is 1. The van der Waals surface area contributed by atoms with Gasteiger partial charge < -0.3 is 5.73 Å². The molecule has 2 fully saturated rings. The first-order chi connectivity index (χ1) is 10.6. The molecule has 1 aromatic rings. The molecule has 1 amide bonds. The van der Waals surface area contributed by atoms with Crippen LogP contribution in [-0.4, -0.2) is 29.9 Å². The number of nitrogens with two attached hydrogens (primary N) is 1. The number of halogens is 1. The molecule has 0 aromatic heterocycles. The van der Waals surface area contributed by atoms with Gasteiger partial charge in [-0.05, 0) is 68.8 Å². The standard InChI is InChI=1S/C18H25ClN2O/c19-15-6-4-13(5-7-15)12-14-8-10-21(11-9-14)17-3-1-2-16(17)18(20)22/h4-7,14,16-17H,1-3,8-12H2,(H2,20,22). The van der Waals surface area contributed by atoms with Gasteiger partial charge in [0.2, 0.25) is 5.91 Å². The van der Waals surface area contributed by atoms with Crippen LogP contribution < -0.4 is 5.73 Å². The van der Waals surface area contributed by atoms with E-state index >= 15 is 0 Å². The van der Waals surface area contributed by atoms with Gasteiger partial charge in [-0.2, -0.15) is 0 Å². The second-order valence-corrected chi connectivity index (χ2v) is 7.25. The molecule has 0 spiro atoms. The average Bonchev–Trinajstić information content (AvgIpc) is 3.00. The summed E-state index contributed by atoms with van der Waals surface area (Å²) in [5, 5.41) is 0.803. The Morgan fingerprint density at radius 1 is 1.14 bits per heavy atom. The third-order valence-electron chi connectivity index (χ3n) is 5.40. The van der Waals surface area contributed by atoms with E-state index in [1.54, 1.807) is 0 Å². The smallest absolute Gasteiger partial charge is 0.222 e. The highest BCUT2D eigenvalue weighted by Gasteiger charge is 2.36. The number of carbonyl (C=O) groups is 1. The molecule has 1 aliphatic heterocycles. The molecular weight excluding hydrogens is 296 g/mol. The van der Waals surface area contributed by atoms with E-state index in [4.69, 9.17) is 17.3 Å². The van der Waals surface area contributed by atoms with Crippen LogP contribution in [0.1, 0.15) is 37.7 Å². The minimum atomic E-state index is -0.106. The first kappa shape index (κ1) is 15.8. The molecule has 0 radical (unpaired) electrons. The Morgan fingerprint density at radius 2 is 1.82 bits per heavy atom. The minimum absolute atomic E-state index is 0.0767. The number of carbonyl (C=O) groups excluding carboxylic acids is 1. The van der Waals surface area contributed by atoms with Crippen molar-refractivity contribution in [1.82, 2.24) is 4.90 Å². The molecule has 2 unspecified atom stereocenters. The summed E-state index contributed by atoms with van der Waals surface area (Å²) in [6.07, 6.45) is 6.81. The van der Waals surface area contributed by atoms with E-state index < -0.39 is 0 Å². The first-order valence-corrected chi connectivity index (χ1v) is 8.79. The minimum Gasteiger partial charge on any atom is -0.369 e. The summed E-state index contributed by atoms with van der Waals surface area (Å²) in [6.45, 7) is 2.21. The molecule has 1 aromatic carbocycles. The number of benzene rings is 1. The second kappa shape index (κ2) is 7.01. The maximum atomic E-state index is 11.6. The third-order valence-corrected chi connectivity index (χ3v) is 5.65. The van der Waals surface area contributed by atoms with Crippen LogP contribution in [-0.2, 0) is 11.2 Å². The zero-order chi connectivity index (χ0) is 15.5. The van der Waals surface area contributed by atoms with Crippen LogP contribution in [0.15, 0.2) is 24.3 Å². The maximum Gasteiger partial charge on any atom is 0.222 e. The Kier molecular flexibility index (Phi) is 5.04. The van der Waals surface area contributed by atoms with Crippen molar-refractivity contribution in [2.75, 3.05) is 13.1 Å². The summed E-state index contributed by atoms with van der Waals surface area (Å²) >= 11 is 5.94. The molecule has 2 aliphatic rings. The van der Waals surface area contributed by atoms with Crippen molar-refractivity contribution in [2.45, 2.75) is 44.6 Å². The van der Waals surface area contributed by atoms with E-state index in [2.05, 4.69) is 17.0 Å². The van der Waals surface area contributed by atoms with E-state index in [0.717, 1.165) is 49.7 Å². The summed E-state index contributed by atoms with van der Waals surface area (Å²) in [5.41, 5.74) is 6.93. The molecule has 2 atom stereocenters. The quantitative estimate of drug-likeness (QED) is 0.925. The number of likely N-dealkylation sites (tertiary alicyclic amines) is 1. The Balaban J connectivity index is 1.52. The van der Waals surface area contributed by atoms with Gasteiger partial charge in [0.1, 0.15) is 0 Å². The number of primary amides is 1. The van der Waals surface area contributed by atoms with Crippen molar-refractivity contribution in [3.05, 3.63) is 34.9 Å². The molecule has 1 heterocycles. The van der Waals surface area contributed by atoms with Crippen molar-refractivity contribution >= 4 is 17.5 Å². The molecule has 1 saturated heterocycles. The van der Waals surface area contributed by atoms with Gasteiger partial charge in [-0.25, -0.2) is 0 Å². The fourth-order valence-corrected chi connectivity index (χ4v) is 4.28.